The molecule has 1 aliphatic heterocycles. The number of halogens is 1. The van der Waals surface area contributed by atoms with Gasteiger partial charge >= 0.3 is 0 Å². The summed E-state index contributed by atoms with van der Waals surface area (Å²) in [5.41, 5.74) is 2.78. The zero-order valence-corrected chi connectivity index (χ0v) is 19.6. The molecule has 0 radical (unpaired) electrons. The average molecular weight is 466 g/mol. The van der Waals surface area contributed by atoms with Gasteiger partial charge in [-0.15, -0.1) is 0 Å². The highest BCUT2D eigenvalue weighted by atomic mass is 35.5. The van der Waals surface area contributed by atoms with Gasteiger partial charge < -0.3 is 15.4 Å². The molecule has 1 aliphatic rings. The quantitative estimate of drug-likeness (QED) is 0.389. The van der Waals surface area contributed by atoms with Crippen molar-refractivity contribution in [1.29, 1.82) is 0 Å². The Kier molecular flexibility index (Phi) is 7.29. The maximum Gasteiger partial charge on any atom is 0.255 e. The van der Waals surface area contributed by atoms with Crippen molar-refractivity contribution in [3.8, 4) is 5.75 Å². The normalized spacial score (nSPS) is 15.1. The molecule has 2 heterocycles. The van der Waals surface area contributed by atoms with E-state index in [9.17, 15) is 4.79 Å². The third-order valence-electron chi connectivity index (χ3n) is 5.61. The van der Waals surface area contributed by atoms with Gasteiger partial charge in [0.2, 0.25) is 5.95 Å². The maximum absolute atomic E-state index is 13.5. The third kappa shape index (κ3) is 5.20. The molecule has 0 saturated carbocycles. The van der Waals surface area contributed by atoms with Crippen LogP contribution in [-0.2, 0) is 4.79 Å². The Bertz CT molecular complexity index is 1140. The lowest BCUT2D eigenvalue weighted by molar-refractivity contribution is -0.113. The van der Waals surface area contributed by atoms with Crippen LogP contribution >= 0.6 is 11.6 Å². The van der Waals surface area contributed by atoms with Gasteiger partial charge in [0, 0.05) is 22.0 Å². The lowest BCUT2D eigenvalue weighted by atomic mass is 9.94. The van der Waals surface area contributed by atoms with E-state index in [1.807, 2.05) is 31.2 Å². The van der Waals surface area contributed by atoms with E-state index in [0.717, 1.165) is 24.2 Å². The number of nitrogens with one attached hydrogen (secondary N) is 2. The van der Waals surface area contributed by atoms with Crippen molar-refractivity contribution in [2.45, 2.75) is 45.6 Å². The molecule has 4 rings (SSSR count). The van der Waals surface area contributed by atoms with Crippen molar-refractivity contribution in [2.75, 3.05) is 17.2 Å². The number of nitrogens with zero attached hydrogens (tertiary/aromatic N) is 3. The number of carbonyl (C=O) groups is 1. The minimum atomic E-state index is -0.483. The molecule has 1 aromatic heterocycles. The zero-order chi connectivity index (χ0) is 23.2. The van der Waals surface area contributed by atoms with Crippen molar-refractivity contribution in [3.63, 3.8) is 0 Å². The van der Waals surface area contributed by atoms with E-state index in [1.54, 1.807) is 28.9 Å². The molecule has 0 aliphatic carbocycles. The summed E-state index contributed by atoms with van der Waals surface area (Å²) in [6, 6.07) is 14.4. The highest BCUT2D eigenvalue weighted by Crippen LogP contribution is 2.39. The van der Waals surface area contributed by atoms with Crippen LogP contribution in [0.3, 0.4) is 0 Å². The summed E-state index contributed by atoms with van der Waals surface area (Å²) in [7, 11) is 0. The SMILES string of the molecule is CCCCCCOc1ccccc1[C@@H]1C(C(=O)Nc2ccc(Cl)cc2)=C(C)Nc2ncnn21. The van der Waals surface area contributed by atoms with Gasteiger partial charge in [-0.1, -0.05) is 56.0 Å². The first kappa shape index (κ1) is 22.9. The first-order valence-corrected chi connectivity index (χ1v) is 11.6. The summed E-state index contributed by atoms with van der Waals surface area (Å²) in [5.74, 6) is 1.09. The Morgan fingerprint density at radius 2 is 1.94 bits per heavy atom. The number of hydrogen-bond donors (Lipinski definition) is 2. The van der Waals surface area contributed by atoms with Crippen LogP contribution < -0.4 is 15.4 Å². The van der Waals surface area contributed by atoms with Crippen LogP contribution in [0.4, 0.5) is 11.6 Å². The first-order valence-electron chi connectivity index (χ1n) is 11.2. The van der Waals surface area contributed by atoms with E-state index >= 15 is 0 Å². The van der Waals surface area contributed by atoms with Crippen molar-refractivity contribution in [2.24, 2.45) is 0 Å². The number of carbonyl (C=O) groups excluding carboxylic acids is 1. The summed E-state index contributed by atoms with van der Waals surface area (Å²) in [4.78, 5) is 17.8. The van der Waals surface area contributed by atoms with Gasteiger partial charge in [-0.2, -0.15) is 10.1 Å². The molecular formula is C25H28ClN5O2. The minimum absolute atomic E-state index is 0.230. The molecule has 172 valence electrons. The van der Waals surface area contributed by atoms with Crippen LogP contribution in [-0.4, -0.2) is 27.3 Å². The molecule has 0 saturated heterocycles. The number of allylic oxidation sites excluding steroid dienone is 1. The Morgan fingerprint density at radius 1 is 1.15 bits per heavy atom. The molecule has 2 N–H and O–H groups in total. The summed E-state index contributed by atoms with van der Waals surface area (Å²) < 4.78 is 7.90. The van der Waals surface area contributed by atoms with Crippen LogP contribution in [0, 0.1) is 0 Å². The fraction of sp³-hybridized carbons (Fsp3) is 0.320. The van der Waals surface area contributed by atoms with Gasteiger partial charge in [-0.25, -0.2) is 4.68 Å². The fourth-order valence-corrected chi connectivity index (χ4v) is 4.08. The molecule has 2 aromatic carbocycles. The molecule has 3 aromatic rings. The predicted octanol–water partition coefficient (Wildman–Crippen LogP) is 5.82. The van der Waals surface area contributed by atoms with Crippen molar-refractivity contribution in [3.05, 3.63) is 76.7 Å². The molecule has 0 bridgehead atoms. The second-order valence-corrected chi connectivity index (χ2v) is 8.44. The third-order valence-corrected chi connectivity index (χ3v) is 5.86. The van der Waals surface area contributed by atoms with Crippen molar-refractivity contribution < 1.29 is 9.53 Å². The number of benzene rings is 2. The standard InChI is InChI=1S/C25H28ClN5O2/c1-3-4-5-8-15-33-21-10-7-6-9-20(21)23-22(17(2)29-25-27-16-28-31(23)25)24(32)30-19-13-11-18(26)12-14-19/h6-7,9-14,16,23H,3-5,8,15H2,1-2H3,(H,30,32)(H,27,28,29)/t23-/m1/s1. The number of ether oxygens (including phenoxy) is 1. The number of rotatable bonds is 9. The smallest absolute Gasteiger partial charge is 0.255 e. The van der Waals surface area contributed by atoms with E-state index in [4.69, 9.17) is 16.3 Å². The summed E-state index contributed by atoms with van der Waals surface area (Å²) in [6.07, 6.45) is 5.97. The molecule has 0 unspecified atom stereocenters. The lowest BCUT2D eigenvalue weighted by Crippen LogP contribution is -2.31. The molecular weight excluding hydrogens is 438 g/mol. The van der Waals surface area contributed by atoms with Gasteiger partial charge in [0.05, 0.1) is 12.2 Å². The van der Waals surface area contributed by atoms with E-state index < -0.39 is 6.04 Å². The van der Waals surface area contributed by atoms with Crippen LogP contribution in [0.25, 0.3) is 0 Å². The largest absolute Gasteiger partial charge is 0.493 e. The number of hydrogen-bond acceptors (Lipinski definition) is 5. The Balaban J connectivity index is 1.66. The number of fused-ring (bicyclic) bond motifs is 1. The maximum atomic E-state index is 13.5. The molecule has 8 heteroatoms. The summed E-state index contributed by atoms with van der Waals surface area (Å²) in [6.45, 7) is 4.69. The van der Waals surface area contributed by atoms with Crippen LogP contribution in [0.5, 0.6) is 5.75 Å². The number of para-hydroxylation sites is 1. The number of aromatic nitrogens is 3. The van der Waals surface area contributed by atoms with E-state index in [-0.39, 0.29) is 5.91 Å². The Hall–Kier alpha value is -3.32. The second-order valence-electron chi connectivity index (χ2n) is 8.00. The van der Waals surface area contributed by atoms with Crippen LogP contribution in [0.15, 0.2) is 66.1 Å². The topological polar surface area (TPSA) is 81.1 Å². The number of anilines is 2. The molecule has 0 fully saturated rings. The second kappa shape index (κ2) is 10.5. The molecule has 0 spiro atoms. The molecule has 1 atom stereocenters. The highest BCUT2D eigenvalue weighted by molar-refractivity contribution is 6.30. The monoisotopic (exact) mass is 465 g/mol. The molecule has 33 heavy (non-hydrogen) atoms. The lowest BCUT2D eigenvalue weighted by Gasteiger charge is -2.29. The predicted molar refractivity (Wildman–Crippen MR) is 131 cm³/mol. The Labute approximate surface area is 198 Å². The van der Waals surface area contributed by atoms with Gasteiger partial charge in [0.25, 0.3) is 5.91 Å². The molecule has 7 nitrogen and oxygen atoms in total. The number of unbranched alkanes of at least 4 members (excludes halogenated alkanes) is 3. The average Bonchev–Trinajstić information content (AvgIpc) is 3.28. The van der Waals surface area contributed by atoms with Crippen LogP contribution in [0.2, 0.25) is 5.02 Å². The van der Waals surface area contributed by atoms with Crippen molar-refractivity contribution >= 4 is 29.1 Å². The first-order chi connectivity index (χ1) is 16.1. The fourth-order valence-electron chi connectivity index (χ4n) is 3.95. The summed E-state index contributed by atoms with van der Waals surface area (Å²) >= 11 is 5.99. The van der Waals surface area contributed by atoms with Crippen LogP contribution in [0.1, 0.15) is 51.1 Å². The van der Waals surface area contributed by atoms with Gasteiger partial charge in [0.1, 0.15) is 18.1 Å². The minimum Gasteiger partial charge on any atom is -0.493 e. The van der Waals surface area contributed by atoms with E-state index in [1.165, 1.54) is 19.2 Å². The summed E-state index contributed by atoms with van der Waals surface area (Å²) in [5, 5.41) is 11.2. The Morgan fingerprint density at radius 3 is 2.73 bits per heavy atom. The highest BCUT2D eigenvalue weighted by Gasteiger charge is 2.35. The zero-order valence-electron chi connectivity index (χ0n) is 18.8. The molecule has 1 amide bonds. The van der Waals surface area contributed by atoms with E-state index in [0.29, 0.717) is 34.5 Å². The van der Waals surface area contributed by atoms with Gasteiger partial charge in [0.15, 0.2) is 0 Å². The van der Waals surface area contributed by atoms with Gasteiger partial charge in [-0.3, -0.25) is 4.79 Å². The van der Waals surface area contributed by atoms with Gasteiger partial charge in [-0.05, 0) is 43.7 Å². The van der Waals surface area contributed by atoms with E-state index in [2.05, 4.69) is 27.6 Å². The van der Waals surface area contributed by atoms with Crippen molar-refractivity contribution in [1.82, 2.24) is 14.8 Å². The number of amides is 1.